The molecule has 1 aliphatic heterocycles. The molecular weight excluding hydrogens is 492 g/mol. The lowest BCUT2D eigenvalue weighted by Crippen LogP contribution is -2.52. The van der Waals surface area contributed by atoms with Crippen LogP contribution in [0.25, 0.3) is 10.8 Å². The maximum absolute atomic E-state index is 13.1. The van der Waals surface area contributed by atoms with E-state index in [1.54, 1.807) is 16.7 Å². The number of nitrogens with zero attached hydrogens (tertiary/aromatic N) is 2. The van der Waals surface area contributed by atoms with E-state index >= 15 is 0 Å². The van der Waals surface area contributed by atoms with Gasteiger partial charge in [-0.25, -0.2) is 4.79 Å². The maximum atomic E-state index is 13.1. The Hall–Kier alpha value is -2.66. The van der Waals surface area contributed by atoms with Gasteiger partial charge in [0.15, 0.2) is 0 Å². The number of rotatable bonds is 13. The number of aliphatic hydroxyl groups excluding tert-OH is 1. The van der Waals surface area contributed by atoms with Gasteiger partial charge in [0.1, 0.15) is 12.1 Å². The highest BCUT2D eigenvalue weighted by molar-refractivity contribution is 7.98. The molecule has 2 amide bonds. The molecule has 0 aromatic heterocycles. The fourth-order valence-electron chi connectivity index (χ4n) is 4.83. The van der Waals surface area contributed by atoms with Crippen molar-refractivity contribution in [3.8, 4) is 0 Å². The zero-order chi connectivity index (χ0) is 26.8. The number of ether oxygens (including phenoxy) is 1. The molecule has 37 heavy (non-hydrogen) atoms. The van der Waals surface area contributed by atoms with Crippen LogP contribution in [0.5, 0.6) is 0 Å². The van der Waals surface area contributed by atoms with E-state index in [9.17, 15) is 19.5 Å². The van der Waals surface area contributed by atoms with Gasteiger partial charge in [-0.05, 0) is 47.6 Å². The molecule has 0 saturated carbocycles. The summed E-state index contributed by atoms with van der Waals surface area (Å²) < 4.78 is 4.89. The Morgan fingerprint density at radius 1 is 1.24 bits per heavy atom. The zero-order valence-electron chi connectivity index (χ0n) is 21.6. The quantitative estimate of drug-likeness (QED) is 0.332. The molecule has 0 radical (unpaired) electrons. The number of nitrogens with one attached hydrogen (secondary N) is 1. The number of benzene rings is 2. The van der Waals surface area contributed by atoms with Crippen molar-refractivity contribution < 1.29 is 24.2 Å². The maximum Gasteiger partial charge on any atom is 0.328 e. The van der Waals surface area contributed by atoms with Crippen molar-refractivity contribution in [2.24, 2.45) is 5.73 Å². The minimum atomic E-state index is -0.951. The number of carbonyl (C=O) groups is 3. The number of amides is 2. The number of hydrogen-bond acceptors (Lipinski definition) is 8. The first-order valence-electron chi connectivity index (χ1n) is 12.6. The van der Waals surface area contributed by atoms with Gasteiger partial charge in [0, 0.05) is 25.7 Å². The van der Waals surface area contributed by atoms with Gasteiger partial charge in [0.2, 0.25) is 11.8 Å². The molecule has 2 aromatic carbocycles. The lowest BCUT2D eigenvalue weighted by molar-refractivity contribution is -0.145. The molecule has 4 N–H and O–H groups in total. The fourth-order valence-corrected chi connectivity index (χ4v) is 5.30. The first-order chi connectivity index (χ1) is 17.9. The molecule has 0 bridgehead atoms. The normalized spacial score (nSPS) is 17.1. The van der Waals surface area contributed by atoms with Crippen molar-refractivity contribution in [1.29, 1.82) is 0 Å². The Balaban J connectivity index is 1.81. The van der Waals surface area contributed by atoms with Crippen LogP contribution in [-0.2, 0) is 25.7 Å². The molecule has 2 aromatic rings. The number of fused-ring (bicyclic) bond motifs is 1. The van der Waals surface area contributed by atoms with E-state index in [0.29, 0.717) is 31.8 Å². The van der Waals surface area contributed by atoms with E-state index < -0.39 is 24.7 Å². The molecule has 1 unspecified atom stereocenters. The van der Waals surface area contributed by atoms with E-state index in [1.807, 2.05) is 35.4 Å². The second-order valence-electron chi connectivity index (χ2n) is 9.35. The molecule has 3 atom stereocenters. The lowest BCUT2D eigenvalue weighted by Gasteiger charge is -2.32. The molecule has 1 fully saturated rings. The number of carbonyl (C=O) groups excluding carboxylic acids is 3. The summed E-state index contributed by atoms with van der Waals surface area (Å²) in [5, 5.41) is 14.4. The van der Waals surface area contributed by atoms with Crippen LogP contribution in [0, 0.1) is 0 Å². The predicted molar refractivity (Wildman–Crippen MR) is 146 cm³/mol. The van der Waals surface area contributed by atoms with Crippen molar-refractivity contribution in [3.05, 3.63) is 48.0 Å². The topological polar surface area (TPSA) is 125 Å². The van der Waals surface area contributed by atoms with Crippen LogP contribution in [-0.4, -0.2) is 96.2 Å². The van der Waals surface area contributed by atoms with Crippen molar-refractivity contribution in [2.45, 2.75) is 43.9 Å². The number of esters is 1. The second kappa shape index (κ2) is 14.3. The third kappa shape index (κ3) is 7.91. The first kappa shape index (κ1) is 28.9. The van der Waals surface area contributed by atoms with E-state index in [1.165, 1.54) is 7.11 Å². The van der Waals surface area contributed by atoms with Crippen molar-refractivity contribution in [1.82, 2.24) is 15.1 Å². The zero-order valence-corrected chi connectivity index (χ0v) is 22.4. The highest BCUT2D eigenvalue weighted by Crippen LogP contribution is 2.23. The van der Waals surface area contributed by atoms with Crippen LogP contribution in [0.2, 0.25) is 0 Å². The molecule has 9 nitrogen and oxygen atoms in total. The SMILES string of the molecule is COC(=O)C(CCSC)NC(=O)CN(Cc1cccc2ccccc12)C[C@@H]1CCCN1C(=O)[C@@H](N)CO. The van der Waals surface area contributed by atoms with E-state index in [2.05, 4.69) is 23.5 Å². The van der Waals surface area contributed by atoms with Gasteiger partial charge in [-0.2, -0.15) is 11.8 Å². The molecule has 0 spiro atoms. The number of likely N-dealkylation sites (tertiary alicyclic amines) is 1. The average molecular weight is 531 g/mol. The van der Waals surface area contributed by atoms with Gasteiger partial charge < -0.3 is 25.8 Å². The Kier molecular flexibility index (Phi) is 11.2. The molecule has 1 aliphatic rings. The monoisotopic (exact) mass is 530 g/mol. The smallest absolute Gasteiger partial charge is 0.328 e. The number of methoxy groups -OCH3 is 1. The Bertz CT molecular complexity index is 1060. The van der Waals surface area contributed by atoms with Crippen LogP contribution in [0.4, 0.5) is 0 Å². The first-order valence-corrected chi connectivity index (χ1v) is 14.0. The highest BCUT2D eigenvalue weighted by atomic mass is 32.2. The van der Waals surface area contributed by atoms with Crippen LogP contribution in [0.3, 0.4) is 0 Å². The van der Waals surface area contributed by atoms with E-state index in [-0.39, 0.29) is 24.4 Å². The van der Waals surface area contributed by atoms with Gasteiger partial charge in [-0.15, -0.1) is 0 Å². The molecule has 202 valence electrons. The number of aliphatic hydroxyl groups is 1. The Labute approximate surface area is 222 Å². The van der Waals surface area contributed by atoms with Gasteiger partial charge in [-0.3, -0.25) is 14.5 Å². The molecular formula is C27H38N4O5S. The van der Waals surface area contributed by atoms with Gasteiger partial charge in [-0.1, -0.05) is 42.5 Å². The second-order valence-corrected chi connectivity index (χ2v) is 10.3. The summed E-state index contributed by atoms with van der Waals surface area (Å²) in [5.41, 5.74) is 6.90. The van der Waals surface area contributed by atoms with Crippen molar-refractivity contribution in [2.75, 3.05) is 45.4 Å². The summed E-state index contributed by atoms with van der Waals surface area (Å²) in [5.74, 6) is -0.306. The molecule has 10 heteroatoms. The van der Waals surface area contributed by atoms with Gasteiger partial charge >= 0.3 is 5.97 Å². The minimum Gasteiger partial charge on any atom is -0.467 e. The van der Waals surface area contributed by atoms with Crippen LogP contribution in [0.1, 0.15) is 24.8 Å². The summed E-state index contributed by atoms with van der Waals surface area (Å²) in [4.78, 5) is 41.9. The number of hydrogen-bond donors (Lipinski definition) is 3. The molecule has 3 rings (SSSR count). The van der Waals surface area contributed by atoms with Gasteiger partial charge in [0.25, 0.3) is 0 Å². The van der Waals surface area contributed by atoms with Gasteiger partial charge in [0.05, 0.1) is 20.3 Å². The summed E-state index contributed by atoms with van der Waals surface area (Å²) >= 11 is 1.60. The van der Waals surface area contributed by atoms with Crippen LogP contribution >= 0.6 is 11.8 Å². The fraction of sp³-hybridized carbons (Fsp3) is 0.519. The molecule has 1 heterocycles. The van der Waals surface area contributed by atoms with Crippen LogP contribution < -0.4 is 11.1 Å². The highest BCUT2D eigenvalue weighted by Gasteiger charge is 2.33. The van der Waals surface area contributed by atoms with E-state index in [4.69, 9.17) is 10.5 Å². The summed E-state index contributed by atoms with van der Waals surface area (Å²) in [6.07, 6.45) is 4.05. The summed E-state index contributed by atoms with van der Waals surface area (Å²) in [7, 11) is 1.32. The number of nitrogens with two attached hydrogens (primary N) is 1. The average Bonchev–Trinajstić information content (AvgIpc) is 3.37. The number of thioether (sulfide) groups is 1. The minimum absolute atomic E-state index is 0.0561. The summed E-state index contributed by atoms with van der Waals surface area (Å²) in [6, 6.07) is 12.4. The molecule has 1 saturated heterocycles. The Morgan fingerprint density at radius 3 is 2.73 bits per heavy atom. The third-order valence-corrected chi connectivity index (χ3v) is 7.36. The van der Waals surface area contributed by atoms with Crippen LogP contribution in [0.15, 0.2) is 42.5 Å². The van der Waals surface area contributed by atoms with Crippen molar-refractivity contribution >= 4 is 40.3 Å². The largest absolute Gasteiger partial charge is 0.467 e. The Morgan fingerprint density at radius 2 is 2.00 bits per heavy atom. The third-order valence-electron chi connectivity index (χ3n) is 6.72. The standard InChI is InChI=1S/C27H38N4O5S/c1-36-27(35)24(12-14-37-2)29-25(33)17-30(15-20-9-5-8-19-7-3-4-11-22(19)20)16-21-10-6-13-31(21)26(34)23(28)18-32/h3-5,7-9,11,21,23-24,32H,6,10,12-18,28H2,1-2H3,(H,29,33)/t21-,23-,24?/m0/s1. The predicted octanol–water partition coefficient (Wildman–Crippen LogP) is 1.36. The lowest BCUT2D eigenvalue weighted by atomic mass is 10.0. The summed E-state index contributed by atoms with van der Waals surface area (Å²) in [6.45, 7) is 1.18. The molecule has 0 aliphatic carbocycles. The van der Waals surface area contributed by atoms with E-state index in [0.717, 1.165) is 29.2 Å². The van der Waals surface area contributed by atoms with Crippen molar-refractivity contribution in [3.63, 3.8) is 0 Å².